The molecule has 0 bridgehead atoms. The molecule has 1 unspecified atom stereocenters. The fourth-order valence-electron chi connectivity index (χ4n) is 5.14. The van der Waals surface area contributed by atoms with Gasteiger partial charge < -0.3 is 9.88 Å². The molecule has 1 atom stereocenters. The molecule has 4 aromatic rings. The van der Waals surface area contributed by atoms with Gasteiger partial charge in [-0.25, -0.2) is 4.98 Å². The van der Waals surface area contributed by atoms with Crippen LogP contribution in [-0.4, -0.2) is 36.9 Å². The Labute approximate surface area is 232 Å². The summed E-state index contributed by atoms with van der Waals surface area (Å²) >= 11 is 12.3. The van der Waals surface area contributed by atoms with Crippen LogP contribution in [0.5, 0.6) is 0 Å². The molecule has 5 rings (SSSR count). The Kier molecular flexibility index (Phi) is 8.37. The molecule has 0 spiro atoms. The first-order valence-electron chi connectivity index (χ1n) is 12.8. The molecule has 1 amide bonds. The van der Waals surface area contributed by atoms with Crippen molar-refractivity contribution in [2.24, 2.45) is 7.05 Å². The second kappa shape index (κ2) is 12.1. The van der Waals surface area contributed by atoms with Crippen molar-refractivity contribution in [3.8, 4) is 0 Å². The van der Waals surface area contributed by atoms with Gasteiger partial charge in [0.05, 0.1) is 27.3 Å². The molecule has 1 N–H and O–H groups in total. The zero-order chi connectivity index (χ0) is 26.5. The molecule has 7 nitrogen and oxygen atoms in total. The highest BCUT2D eigenvalue weighted by molar-refractivity contribution is 6.39. The van der Waals surface area contributed by atoms with E-state index in [-0.39, 0.29) is 27.6 Å². The third-order valence-electron chi connectivity index (χ3n) is 7.06. The van der Waals surface area contributed by atoms with Crippen molar-refractivity contribution in [2.75, 3.05) is 6.54 Å². The molecular weight excluding hydrogens is 519 g/mol. The van der Waals surface area contributed by atoms with Crippen LogP contribution in [0.25, 0.3) is 0 Å². The molecule has 0 saturated carbocycles. The second-order valence-electron chi connectivity index (χ2n) is 9.61. The molecule has 196 valence electrons. The van der Waals surface area contributed by atoms with E-state index in [2.05, 4.69) is 43.0 Å². The highest BCUT2D eigenvalue weighted by Gasteiger charge is 2.27. The lowest BCUT2D eigenvalue weighted by atomic mass is 9.90. The Bertz CT molecular complexity index is 1400. The van der Waals surface area contributed by atoms with Crippen LogP contribution in [0.1, 0.15) is 57.5 Å². The summed E-state index contributed by atoms with van der Waals surface area (Å²) in [5, 5.41) is 3.39. The van der Waals surface area contributed by atoms with Crippen LogP contribution in [0.2, 0.25) is 10.0 Å². The third-order valence-corrected chi connectivity index (χ3v) is 7.63. The minimum Gasteiger partial charge on any atom is -0.348 e. The summed E-state index contributed by atoms with van der Waals surface area (Å²) in [6.45, 7) is 2.00. The standard InChI is InChI=1S/C29H30Cl2N6O/c1-36-14-12-33-26(36)10-13-37(25-9-3-7-22-8-4-11-34-28(22)25)19-21-6-2-5-20(15-21)16-35-29(38)27-23(30)17-32-18-24(27)31/h2,4-6,8,11-12,14-15,17-18,25H,3,7,9-10,13,16,19H2,1H3,(H,35,38). The van der Waals surface area contributed by atoms with Crippen LogP contribution in [0.15, 0.2) is 67.4 Å². The fourth-order valence-corrected chi connectivity index (χ4v) is 5.67. The monoisotopic (exact) mass is 548 g/mol. The summed E-state index contributed by atoms with van der Waals surface area (Å²) in [7, 11) is 2.04. The molecule has 1 aliphatic carbocycles. The van der Waals surface area contributed by atoms with E-state index >= 15 is 0 Å². The van der Waals surface area contributed by atoms with Gasteiger partial charge in [0.25, 0.3) is 5.91 Å². The molecular formula is C29H30Cl2N6O. The number of hydrogen-bond donors (Lipinski definition) is 1. The Balaban J connectivity index is 1.33. The highest BCUT2D eigenvalue weighted by Crippen LogP contribution is 2.34. The van der Waals surface area contributed by atoms with Crippen molar-refractivity contribution in [2.45, 2.75) is 44.8 Å². The summed E-state index contributed by atoms with van der Waals surface area (Å²) in [6.07, 6.45) is 12.7. The predicted octanol–water partition coefficient (Wildman–Crippen LogP) is 5.57. The maximum Gasteiger partial charge on any atom is 0.254 e. The first kappa shape index (κ1) is 26.4. The van der Waals surface area contributed by atoms with Gasteiger partial charge in [-0.05, 0) is 42.0 Å². The average Bonchev–Trinajstić information content (AvgIpc) is 3.34. The van der Waals surface area contributed by atoms with Crippen LogP contribution in [0.4, 0.5) is 0 Å². The number of carbonyl (C=O) groups is 1. The van der Waals surface area contributed by atoms with Gasteiger partial charge in [-0.15, -0.1) is 0 Å². The normalized spacial score (nSPS) is 14.9. The van der Waals surface area contributed by atoms with E-state index in [1.54, 1.807) is 0 Å². The van der Waals surface area contributed by atoms with Gasteiger partial charge in [0, 0.05) is 64.1 Å². The smallest absolute Gasteiger partial charge is 0.254 e. The van der Waals surface area contributed by atoms with Crippen LogP contribution < -0.4 is 5.32 Å². The number of hydrogen-bond acceptors (Lipinski definition) is 5. The number of fused-ring (bicyclic) bond motifs is 1. The predicted molar refractivity (Wildman–Crippen MR) is 149 cm³/mol. The minimum atomic E-state index is -0.325. The molecule has 0 fully saturated rings. The summed E-state index contributed by atoms with van der Waals surface area (Å²) in [4.78, 5) is 28.5. The lowest BCUT2D eigenvalue weighted by molar-refractivity contribution is 0.0951. The number of carbonyl (C=O) groups excluding carboxylic acids is 1. The van der Waals surface area contributed by atoms with Gasteiger partial charge in [-0.2, -0.15) is 0 Å². The van der Waals surface area contributed by atoms with E-state index in [1.807, 2.05) is 43.8 Å². The fraction of sp³-hybridized carbons (Fsp3) is 0.310. The van der Waals surface area contributed by atoms with Gasteiger partial charge in [0.15, 0.2) is 0 Å². The Morgan fingerprint density at radius 1 is 1.11 bits per heavy atom. The minimum absolute atomic E-state index is 0.230. The lowest BCUT2D eigenvalue weighted by Gasteiger charge is -2.35. The molecule has 0 aliphatic heterocycles. The molecule has 9 heteroatoms. The van der Waals surface area contributed by atoms with Gasteiger partial charge in [0.1, 0.15) is 5.82 Å². The van der Waals surface area contributed by atoms with Crippen LogP contribution in [0.3, 0.4) is 0 Å². The van der Waals surface area contributed by atoms with Gasteiger partial charge in [0.2, 0.25) is 0 Å². The van der Waals surface area contributed by atoms with Crippen LogP contribution in [-0.2, 0) is 33.0 Å². The van der Waals surface area contributed by atoms with Crippen molar-refractivity contribution < 1.29 is 4.79 Å². The molecule has 38 heavy (non-hydrogen) atoms. The molecule has 0 radical (unpaired) electrons. The van der Waals surface area contributed by atoms with E-state index in [0.717, 1.165) is 50.2 Å². The third kappa shape index (κ3) is 6.07. The van der Waals surface area contributed by atoms with Crippen LogP contribution in [0, 0.1) is 0 Å². The average molecular weight is 550 g/mol. The first-order chi connectivity index (χ1) is 18.5. The number of benzene rings is 1. The van der Waals surface area contributed by atoms with Gasteiger partial charge in [-0.3, -0.25) is 19.7 Å². The summed E-state index contributed by atoms with van der Waals surface area (Å²) in [5.41, 5.74) is 4.95. The molecule has 1 aromatic carbocycles. The van der Waals surface area contributed by atoms with E-state index in [4.69, 9.17) is 28.2 Å². The maximum atomic E-state index is 12.7. The number of amides is 1. The Morgan fingerprint density at radius 2 is 1.92 bits per heavy atom. The maximum absolute atomic E-state index is 12.7. The lowest BCUT2D eigenvalue weighted by Crippen LogP contribution is -2.33. The first-order valence-corrected chi connectivity index (χ1v) is 13.5. The SMILES string of the molecule is Cn1ccnc1CCN(Cc1cccc(CNC(=O)c2c(Cl)cncc2Cl)c1)C1CCCc2cccnc21. The zero-order valence-electron chi connectivity index (χ0n) is 21.3. The largest absolute Gasteiger partial charge is 0.348 e. The Hall–Kier alpha value is -3.26. The number of nitrogens with one attached hydrogen (secondary N) is 1. The summed E-state index contributed by atoms with van der Waals surface area (Å²) < 4.78 is 2.08. The van der Waals surface area contributed by atoms with Crippen molar-refractivity contribution in [3.05, 3.63) is 111 Å². The van der Waals surface area contributed by atoms with Gasteiger partial charge >= 0.3 is 0 Å². The van der Waals surface area contributed by atoms with E-state index < -0.39 is 0 Å². The number of aromatic nitrogens is 4. The van der Waals surface area contributed by atoms with Crippen molar-refractivity contribution in [3.63, 3.8) is 0 Å². The Morgan fingerprint density at radius 3 is 2.71 bits per heavy atom. The number of pyridine rings is 2. The number of imidazole rings is 1. The number of nitrogens with zero attached hydrogens (tertiary/aromatic N) is 5. The van der Waals surface area contributed by atoms with E-state index in [0.29, 0.717) is 6.54 Å². The topological polar surface area (TPSA) is 75.9 Å². The second-order valence-corrected chi connectivity index (χ2v) is 10.4. The van der Waals surface area contributed by atoms with E-state index in [1.165, 1.54) is 29.2 Å². The highest BCUT2D eigenvalue weighted by atomic mass is 35.5. The van der Waals surface area contributed by atoms with Crippen molar-refractivity contribution in [1.29, 1.82) is 0 Å². The molecule has 3 heterocycles. The number of rotatable bonds is 9. The molecule has 0 saturated heterocycles. The zero-order valence-corrected chi connectivity index (χ0v) is 22.8. The van der Waals surface area contributed by atoms with Crippen molar-refractivity contribution in [1.82, 2.24) is 29.7 Å². The molecule has 3 aromatic heterocycles. The summed E-state index contributed by atoms with van der Waals surface area (Å²) in [5.74, 6) is 0.742. The van der Waals surface area contributed by atoms with E-state index in [9.17, 15) is 4.79 Å². The van der Waals surface area contributed by atoms with Crippen molar-refractivity contribution >= 4 is 29.1 Å². The summed E-state index contributed by atoms with van der Waals surface area (Å²) in [6, 6.07) is 12.8. The van der Waals surface area contributed by atoms with Crippen LogP contribution >= 0.6 is 23.2 Å². The quantitative estimate of drug-likeness (QED) is 0.296. The van der Waals surface area contributed by atoms with Gasteiger partial charge in [-0.1, -0.05) is 53.5 Å². The number of aryl methyl sites for hydroxylation is 2. The number of halogens is 2. The molecule has 1 aliphatic rings.